The zero-order chi connectivity index (χ0) is 9.10. The van der Waals surface area contributed by atoms with Gasteiger partial charge in [-0.05, 0) is 37.5 Å². The third kappa shape index (κ3) is 2.39. The van der Waals surface area contributed by atoms with E-state index in [1.54, 1.807) is 0 Å². The molecule has 1 N–H and O–H groups in total. The summed E-state index contributed by atoms with van der Waals surface area (Å²) in [5.74, 6) is 3.21. The van der Waals surface area contributed by atoms with E-state index in [1.165, 1.54) is 37.3 Å². The van der Waals surface area contributed by atoms with Crippen LogP contribution < -0.4 is 0 Å². The molecule has 0 aromatic heterocycles. The Hall–Kier alpha value is 0.270. The molecular formula is C10H19NOS. The number of hydrogen-bond acceptors (Lipinski definition) is 3. The van der Waals surface area contributed by atoms with Gasteiger partial charge < -0.3 is 5.11 Å². The number of nitrogens with zero attached hydrogens (tertiary/aromatic N) is 1. The van der Waals surface area contributed by atoms with Gasteiger partial charge in [0, 0.05) is 24.9 Å². The van der Waals surface area contributed by atoms with Gasteiger partial charge in [-0.2, -0.15) is 11.8 Å². The largest absolute Gasteiger partial charge is 0.396 e. The Labute approximate surface area is 84.7 Å². The standard InChI is InChI=1S/C10H19NOS/c12-7-9-2-1-4-11(6-9)10-3-5-13-8-10/h9-10,12H,1-8H2/t9-,10-/m0/s1. The van der Waals surface area contributed by atoms with Crippen molar-refractivity contribution in [1.82, 2.24) is 4.90 Å². The van der Waals surface area contributed by atoms with Crippen LogP contribution in [0.2, 0.25) is 0 Å². The Morgan fingerprint density at radius 1 is 1.38 bits per heavy atom. The molecule has 0 aromatic carbocycles. The van der Waals surface area contributed by atoms with E-state index in [0.717, 1.165) is 12.6 Å². The van der Waals surface area contributed by atoms with Gasteiger partial charge in [0.2, 0.25) is 0 Å². The first-order chi connectivity index (χ1) is 6.40. The molecule has 0 unspecified atom stereocenters. The summed E-state index contributed by atoms with van der Waals surface area (Å²) in [7, 11) is 0. The smallest absolute Gasteiger partial charge is 0.0471 e. The van der Waals surface area contributed by atoms with Crippen molar-refractivity contribution in [1.29, 1.82) is 0 Å². The van der Waals surface area contributed by atoms with Crippen LogP contribution in [0.1, 0.15) is 19.3 Å². The first-order valence-corrected chi connectivity index (χ1v) is 6.48. The monoisotopic (exact) mass is 201 g/mol. The van der Waals surface area contributed by atoms with Crippen molar-refractivity contribution in [2.45, 2.75) is 25.3 Å². The van der Waals surface area contributed by atoms with Gasteiger partial charge in [-0.15, -0.1) is 0 Å². The third-order valence-corrected chi connectivity index (χ3v) is 4.38. The fourth-order valence-corrected chi connectivity index (χ4v) is 3.64. The molecule has 2 heterocycles. The van der Waals surface area contributed by atoms with Crippen LogP contribution in [0.5, 0.6) is 0 Å². The van der Waals surface area contributed by atoms with Crippen LogP contribution in [-0.4, -0.2) is 47.3 Å². The number of aliphatic hydroxyl groups is 1. The van der Waals surface area contributed by atoms with E-state index in [2.05, 4.69) is 16.7 Å². The summed E-state index contributed by atoms with van der Waals surface area (Å²) < 4.78 is 0. The van der Waals surface area contributed by atoms with Crippen molar-refractivity contribution in [3.05, 3.63) is 0 Å². The minimum Gasteiger partial charge on any atom is -0.396 e. The van der Waals surface area contributed by atoms with E-state index in [0.29, 0.717) is 12.5 Å². The highest BCUT2D eigenvalue weighted by Gasteiger charge is 2.27. The van der Waals surface area contributed by atoms with Crippen LogP contribution in [0, 0.1) is 5.92 Å². The average molecular weight is 201 g/mol. The van der Waals surface area contributed by atoms with Gasteiger partial charge in [-0.1, -0.05) is 0 Å². The maximum Gasteiger partial charge on any atom is 0.0471 e. The molecule has 2 atom stereocenters. The van der Waals surface area contributed by atoms with Gasteiger partial charge in [0.1, 0.15) is 0 Å². The second kappa shape index (κ2) is 4.67. The van der Waals surface area contributed by atoms with Gasteiger partial charge in [-0.3, -0.25) is 4.90 Å². The molecule has 13 heavy (non-hydrogen) atoms. The molecule has 0 saturated carbocycles. The predicted molar refractivity (Wildman–Crippen MR) is 57.1 cm³/mol. The van der Waals surface area contributed by atoms with E-state index in [4.69, 9.17) is 5.11 Å². The minimum atomic E-state index is 0.385. The van der Waals surface area contributed by atoms with E-state index < -0.39 is 0 Å². The zero-order valence-electron chi connectivity index (χ0n) is 8.11. The number of likely N-dealkylation sites (tertiary alicyclic amines) is 1. The number of thioether (sulfide) groups is 1. The highest BCUT2D eigenvalue weighted by Crippen LogP contribution is 2.26. The maximum atomic E-state index is 9.12. The normalized spacial score (nSPS) is 36.7. The summed E-state index contributed by atoms with van der Waals surface area (Å²) in [6, 6.07) is 0.819. The topological polar surface area (TPSA) is 23.5 Å². The van der Waals surface area contributed by atoms with Crippen molar-refractivity contribution < 1.29 is 5.11 Å². The summed E-state index contributed by atoms with van der Waals surface area (Å²) >= 11 is 2.08. The van der Waals surface area contributed by atoms with Gasteiger partial charge in [0.15, 0.2) is 0 Å². The number of rotatable bonds is 2. The Balaban J connectivity index is 1.84. The second-order valence-corrected chi connectivity index (χ2v) is 5.35. The summed E-state index contributed by atoms with van der Waals surface area (Å²) in [6.45, 7) is 2.79. The summed E-state index contributed by atoms with van der Waals surface area (Å²) in [4.78, 5) is 2.60. The molecule has 0 radical (unpaired) electrons. The van der Waals surface area contributed by atoms with Crippen molar-refractivity contribution in [2.75, 3.05) is 31.2 Å². The van der Waals surface area contributed by atoms with Crippen molar-refractivity contribution in [3.63, 3.8) is 0 Å². The summed E-state index contributed by atoms with van der Waals surface area (Å²) in [5.41, 5.74) is 0. The van der Waals surface area contributed by atoms with Crippen LogP contribution >= 0.6 is 11.8 Å². The summed E-state index contributed by atoms with van der Waals surface area (Å²) in [5, 5.41) is 9.12. The highest BCUT2D eigenvalue weighted by molar-refractivity contribution is 7.99. The van der Waals surface area contributed by atoms with E-state index in [9.17, 15) is 0 Å². The lowest BCUT2D eigenvalue weighted by molar-refractivity contribution is 0.0958. The zero-order valence-corrected chi connectivity index (χ0v) is 8.93. The van der Waals surface area contributed by atoms with Crippen LogP contribution in [0.25, 0.3) is 0 Å². The molecule has 76 valence electrons. The lowest BCUT2D eigenvalue weighted by atomic mass is 9.97. The van der Waals surface area contributed by atoms with Gasteiger partial charge >= 0.3 is 0 Å². The predicted octanol–water partition coefficient (Wildman–Crippen LogP) is 1.20. The Kier molecular flexibility index (Phi) is 3.52. The third-order valence-electron chi connectivity index (χ3n) is 3.23. The Morgan fingerprint density at radius 2 is 2.31 bits per heavy atom. The Morgan fingerprint density at radius 3 is 3.00 bits per heavy atom. The molecule has 2 aliphatic rings. The lowest BCUT2D eigenvalue weighted by Crippen LogP contribution is -2.43. The molecule has 0 aliphatic carbocycles. The first-order valence-electron chi connectivity index (χ1n) is 5.33. The minimum absolute atomic E-state index is 0.385. The van der Waals surface area contributed by atoms with Crippen LogP contribution in [-0.2, 0) is 0 Å². The van der Waals surface area contributed by atoms with E-state index in [-0.39, 0.29) is 0 Å². The van der Waals surface area contributed by atoms with Crippen LogP contribution in [0.15, 0.2) is 0 Å². The molecule has 2 rings (SSSR count). The molecule has 0 spiro atoms. The van der Waals surface area contributed by atoms with Gasteiger partial charge in [0.05, 0.1) is 0 Å². The van der Waals surface area contributed by atoms with E-state index in [1.807, 2.05) is 0 Å². The first kappa shape index (κ1) is 9.81. The Bertz CT molecular complexity index is 159. The molecular weight excluding hydrogens is 182 g/mol. The molecule has 3 heteroatoms. The number of piperidine rings is 1. The van der Waals surface area contributed by atoms with Gasteiger partial charge in [0.25, 0.3) is 0 Å². The number of aliphatic hydroxyl groups excluding tert-OH is 1. The molecule has 0 aromatic rings. The van der Waals surface area contributed by atoms with Crippen molar-refractivity contribution >= 4 is 11.8 Å². The molecule has 2 saturated heterocycles. The maximum absolute atomic E-state index is 9.12. The molecule has 2 aliphatic heterocycles. The fourth-order valence-electron chi connectivity index (χ4n) is 2.39. The molecule has 2 nitrogen and oxygen atoms in total. The lowest BCUT2D eigenvalue weighted by Gasteiger charge is -2.35. The quantitative estimate of drug-likeness (QED) is 0.726. The average Bonchev–Trinajstić information content (AvgIpc) is 2.71. The second-order valence-electron chi connectivity index (χ2n) is 4.20. The molecule has 2 fully saturated rings. The highest BCUT2D eigenvalue weighted by atomic mass is 32.2. The number of hydrogen-bond donors (Lipinski definition) is 1. The van der Waals surface area contributed by atoms with Crippen molar-refractivity contribution in [3.8, 4) is 0 Å². The van der Waals surface area contributed by atoms with Crippen LogP contribution in [0.3, 0.4) is 0 Å². The molecule has 0 amide bonds. The SMILES string of the molecule is OC[C@H]1CCCN([C@H]2CCSC2)C1. The van der Waals surface area contributed by atoms with E-state index >= 15 is 0 Å². The van der Waals surface area contributed by atoms with Gasteiger partial charge in [-0.25, -0.2) is 0 Å². The fraction of sp³-hybridized carbons (Fsp3) is 1.00. The molecule has 0 bridgehead atoms. The van der Waals surface area contributed by atoms with Crippen molar-refractivity contribution in [2.24, 2.45) is 5.92 Å². The van der Waals surface area contributed by atoms with Crippen LogP contribution in [0.4, 0.5) is 0 Å². The summed E-state index contributed by atoms with van der Waals surface area (Å²) in [6.07, 6.45) is 3.88.